The van der Waals surface area contributed by atoms with Crippen LogP contribution < -0.4 is 16.0 Å². The van der Waals surface area contributed by atoms with Crippen LogP contribution in [0.5, 0.6) is 0 Å². The fourth-order valence-corrected chi connectivity index (χ4v) is 1.62. The molecule has 0 unspecified atom stereocenters. The third kappa shape index (κ3) is 4.75. The first-order valence-corrected chi connectivity index (χ1v) is 6.50. The largest absolute Gasteiger partial charge is 0.371 e. The number of nitrogens with one attached hydrogen (secondary N) is 3. The van der Waals surface area contributed by atoms with Gasteiger partial charge in [0.05, 0.1) is 11.5 Å². The van der Waals surface area contributed by atoms with Gasteiger partial charge in [-0.2, -0.15) is 0 Å². The molecule has 3 N–H and O–H groups in total. The maximum atomic E-state index is 11.5. The molecule has 0 radical (unpaired) electrons. The van der Waals surface area contributed by atoms with E-state index in [0.29, 0.717) is 6.54 Å². The Balaban J connectivity index is 2.88. The van der Waals surface area contributed by atoms with Crippen molar-refractivity contribution >= 4 is 23.2 Å². The van der Waals surface area contributed by atoms with Gasteiger partial charge >= 0.3 is 0 Å². The Bertz CT molecular complexity index is 545. The van der Waals surface area contributed by atoms with Crippen molar-refractivity contribution in [3.63, 3.8) is 0 Å². The van der Waals surface area contributed by atoms with Crippen LogP contribution in [0.1, 0.15) is 23.7 Å². The van der Waals surface area contributed by atoms with Gasteiger partial charge in [0.25, 0.3) is 11.6 Å². The Hall–Kier alpha value is -2.64. The van der Waals surface area contributed by atoms with E-state index in [2.05, 4.69) is 16.0 Å². The fraction of sp³-hybridized carbons (Fsp3) is 0.385. The first-order chi connectivity index (χ1) is 9.99. The van der Waals surface area contributed by atoms with E-state index in [-0.39, 0.29) is 35.3 Å². The number of hydrogen-bond acceptors (Lipinski definition) is 5. The Morgan fingerprint density at radius 3 is 2.62 bits per heavy atom. The van der Waals surface area contributed by atoms with E-state index in [0.717, 1.165) is 6.42 Å². The average Bonchev–Trinajstić information content (AvgIpc) is 2.49. The SMILES string of the molecule is CCCNC(=O)CNc1cc(C(=O)NC)ccc1[N+](=O)[O-]. The fourth-order valence-electron chi connectivity index (χ4n) is 1.62. The van der Waals surface area contributed by atoms with E-state index in [9.17, 15) is 19.7 Å². The van der Waals surface area contributed by atoms with Gasteiger partial charge in [0, 0.05) is 25.2 Å². The van der Waals surface area contributed by atoms with E-state index < -0.39 is 4.92 Å². The van der Waals surface area contributed by atoms with E-state index >= 15 is 0 Å². The molecule has 0 spiro atoms. The second-order valence-corrected chi connectivity index (χ2v) is 4.27. The lowest BCUT2D eigenvalue weighted by molar-refractivity contribution is -0.383. The number of nitro benzene ring substituents is 1. The first-order valence-electron chi connectivity index (χ1n) is 6.50. The topological polar surface area (TPSA) is 113 Å². The number of benzene rings is 1. The second-order valence-electron chi connectivity index (χ2n) is 4.27. The van der Waals surface area contributed by atoms with Crippen molar-refractivity contribution in [2.24, 2.45) is 0 Å². The lowest BCUT2D eigenvalue weighted by atomic mass is 10.1. The number of anilines is 1. The number of carbonyl (C=O) groups is 2. The molecule has 1 rings (SSSR count). The number of nitrogens with zero attached hydrogens (tertiary/aromatic N) is 1. The highest BCUT2D eigenvalue weighted by Gasteiger charge is 2.16. The molecule has 1 aromatic carbocycles. The Labute approximate surface area is 122 Å². The third-order valence-corrected chi connectivity index (χ3v) is 2.69. The zero-order valence-electron chi connectivity index (χ0n) is 11.9. The summed E-state index contributed by atoms with van der Waals surface area (Å²) >= 11 is 0. The highest BCUT2D eigenvalue weighted by molar-refractivity contribution is 5.96. The molecular formula is C13H18N4O4. The molecule has 0 atom stereocenters. The molecule has 0 saturated carbocycles. The van der Waals surface area contributed by atoms with Gasteiger partial charge in [-0.05, 0) is 18.6 Å². The average molecular weight is 294 g/mol. The summed E-state index contributed by atoms with van der Waals surface area (Å²) in [5.41, 5.74) is 0.221. The van der Waals surface area contributed by atoms with Crippen molar-refractivity contribution in [1.82, 2.24) is 10.6 Å². The van der Waals surface area contributed by atoms with Crippen molar-refractivity contribution < 1.29 is 14.5 Å². The van der Waals surface area contributed by atoms with E-state index in [1.807, 2.05) is 6.92 Å². The van der Waals surface area contributed by atoms with Gasteiger partial charge in [-0.15, -0.1) is 0 Å². The molecule has 0 aliphatic carbocycles. The molecule has 2 amide bonds. The minimum absolute atomic E-state index is 0.0992. The first kappa shape index (κ1) is 16.4. The summed E-state index contributed by atoms with van der Waals surface area (Å²) in [4.78, 5) is 33.4. The van der Waals surface area contributed by atoms with Crippen LogP contribution in [0.2, 0.25) is 0 Å². The maximum Gasteiger partial charge on any atom is 0.292 e. The maximum absolute atomic E-state index is 11.5. The van der Waals surface area contributed by atoms with Crippen LogP contribution in [-0.2, 0) is 4.79 Å². The summed E-state index contributed by atoms with van der Waals surface area (Å²) in [5.74, 6) is -0.625. The molecular weight excluding hydrogens is 276 g/mol. The number of hydrogen-bond donors (Lipinski definition) is 3. The molecule has 0 fully saturated rings. The molecule has 21 heavy (non-hydrogen) atoms. The number of rotatable bonds is 7. The monoisotopic (exact) mass is 294 g/mol. The summed E-state index contributed by atoms with van der Waals surface area (Å²) in [6, 6.07) is 3.94. The van der Waals surface area contributed by atoms with Gasteiger partial charge in [-0.25, -0.2) is 0 Å². The van der Waals surface area contributed by atoms with Crippen molar-refractivity contribution in [2.45, 2.75) is 13.3 Å². The van der Waals surface area contributed by atoms with E-state index in [1.54, 1.807) is 0 Å². The molecule has 0 bridgehead atoms. The second kappa shape index (κ2) is 7.83. The molecule has 8 nitrogen and oxygen atoms in total. The number of nitro groups is 1. The minimum Gasteiger partial charge on any atom is -0.371 e. The zero-order valence-corrected chi connectivity index (χ0v) is 11.9. The number of amides is 2. The van der Waals surface area contributed by atoms with E-state index in [4.69, 9.17) is 0 Å². The lowest BCUT2D eigenvalue weighted by Crippen LogP contribution is -2.30. The predicted octanol–water partition coefficient (Wildman–Crippen LogP) is 0.892. The predicted molar refractivity (Wildman–Crippen MR) is 78.3 cm³/mol. The molecule has 0 aliphatic heterocycles. The van der Waals surface area contributed by atoms with Crippen LogP contribution in [0.3, 0.4) is 0 Å². The summed E-state index contributed by atoms with van der Waals surface area (Å²) in [6.45, 7) is 2.37. The van der Waals surface area contributed by atoms with Crippen LogP contribution >= 0.6 is 0 Å². The molecule has 114 valence electrons. The lowest BCUT2D eigenvalue weighted by Gasteiger charge is -2.09. The summed E-state index contributed by atoms with van der Waals surface area (Å²) in [6.07, 6.45) is 0.804. The smallest absolute Gasteiger partial charge is 0.292 e. The quantitative estimate of drug-likeness (QED) is 0.510. The molecule has 0 heterocycles. The van der Waals surface area contributed by atoms with Gasteiger partial charge in [0.2, 0.25) is 5.91 Å². The molecule has 0 aromatic heterocycles. The van der Waals surface area contributed by atoms with Crippen LogP contribution in [0.25, 0.3) is 0 Å². The van der Waals surface area contributed by atoms with Gasteiger partial charge in [0.15, 0.2) is 0 Å². The zero-order chi connectivity index (χ0) is 15.8. The van der Waals surface area contributed by atoms with Crippen molar-refractivity contribution in [2.75, 3.05) is 25.5 Å². The van der Waals surface area contributed by atoms with Crippen LogP contribution in [-0.4, -0.2) is 36.9 Å². The summed E-state index contributed by atoms with van der Waals surface area (Å²) in [7, 11) is 1.47. The Morgan fingerprint density at radius 1 is 1.33 bits per heavy atom. The van der Waals surface area contributed by atoms with Crippen molar-refractivity contribution in [3.05, 3.63) is 33.9 Å². The molecule has 1 aromatic rings. The highest BCUT2D eigenvalue weighted by Crippen LogP contribution is 2.25. The van der Waals surface area contributed by atoms with Crippen LogP contribution in [0, 0.1) is 10.1 Å². The summed E-state index contributed by atoms with van der Waals surface area (Å²) in [5, 5.41) is 18.7. The van der Waals surface area contributed by atoms with E-state index in [1.165, 1.54) is 25.2 Å². The van der Waals surface area contributed by atoms with Gasteiger partial charge < -0.3 is 16.0 Å². The Kier molecular flexibility index (Phi) is 6.12. The van der Waals surface area contributed by atoms with Gasteiger partial charge in [-0.3, -0.25) is 19.7 Å². The normalized spacial score (nSPS) is 9.81. The van der Waals surface area contributed by atoms with Crippen molar-refractivity contribution in [3.8, 4) is 0 Å². The molecule has 8 heteroatoms. The Morgan fingerprint density at radius 2 is 2.05 bits per heavy atom. The molecule has 0 aliphatic rings. The van der Waals surface area contributed by atoms with Gasteiger partial charge in [0.1, 0.15) is 5.69 Å². The summed E-state index contributed by atoms with van der Waals surface area (Å²) < 4.78 is 0. The third-order valence-electron chi connectivity index (χ3n) is 2.69. The van der Waals surface area contributed by atoms with Crippen LogP contribution in [0.4, 0.5) is 11.4 Å². The molecule has 0 saturated heterocycles. The highest BCUT2D eigenvalue weighted by atomic mass is 16.6. The van der Waals surface area contributed by atoms with Crippen molar-refractivity contribution in [1.29, 1.82) is 0 Å². The van der Waals surface area contributed by atoms with Gasteiger partial charge in [-0.1, -0.05) is 6.92 Å². The minimum atomic E-state index is -0.570. The standard InChI is InChI=1S/C13H18N4O4/c1-3-6-15-12(18)8-16-10-7-9(13(19)14-2)4-5-11(10)17(20)21/h4-5,7,16H,3,6,8H2,1-2H3,(H,14,19)(H,15,18). The number of carbonyl (C=O) groups excluding carboxylic acids is 2. The van der Waals surface area contributed by atoms with Crippen LogP contribution in [0.15, 0.2) is 18.2 Å².